The van der Waals surface area contributed by atoms with Gasteiger partial charge in [0.15, 0.2) is 0 Å². The maximum absolute atomic E-state index is 10.8. The summed E-state index contributed by atoms with van der Waals surface area (Å²) < 4.78 is 0. The van der Waals surface area contributed by atoms with E-state index in [9.17, 15) is 14.7 Å². The predicted molar refractivity (Wildman–Crippen MR) is 44.7 cm³/mol. The van der Waals surface area contributed by atoms with E-state index in [4.69, 9.17) is 0 Å². The van der Waals surface area contributed by atoms with Crippen LogP contribution >= 0.6 is 0 Å². The van der Waals surface area contributed by atoms with Crippen molar-refractivity contribution in [3.05, 3.63) is 30.3 Å². The molecule has 3 amide bonds. The van der Waals surface area contributed by atoms with Gasteiger partial charge in [-0.15, -0.1) is 0 Å². The molecule has 0 aliphatic heterocycles. The molecule has 0 heterocycles. The minimum atomic E-state index is -1.63. The van der Waals surface area contributed by atoms with Crippen molar-refractivity contribution in [3.63, 3.8) is 0 Å². The monoisotopic (exact) mass is 179 g/mol. The van der Waals surface area contributed by atoms with Crippen molar-refractivity contribution >= 4 is 17.8 Å². The van der Waals surface area contributed by atoms with E-state index in [-0.39, 0.29) is 0 Å². The van der Waals surface area contributed by atoms with Crippen LogP contribution in [0.3, 0.4) is 0 Å². The van der Waals surface area contributed by atoms with E-state index >= 15 is 0 Å². The number of carbonyl (C=O) groups excluding carboxylic acids is 2. The molecule has 5 nitrogen and oxygen atoms in total. The fourth-order valence-electron chi connectivity index (χ4n) is 0.777. The normalized spacial score (nSPS) is 8.92. The van der Waals surface area contributed by atoms with Gasteiger partial charge in [0, 0.05) is 5.69 Å². The molecule has 67 valence electrons. The van der Waals surface area contributed by atoms with Crippen LogP contribution in [-0.2, 0) is 5.11 Å². The lowest BCUT2D eigenvalue weighted by Gasteiger charge is -2.01. The van der Waals surface area contributed by atoms with Gasteiger partial charge in [-0.3, -0.25) is 0 Å². The van der Waals surface area contributed by atoms with Gasteiger partial charge in [0.1, 0.15) is 0 Å². The Labute approximate surface area is 74.4 Å². The number of nitrogens with one attached hydrogen (secondary N) is 2. The third-order valence-corrected chi connectivity index (χ3v) is 1.25. The highest BCUT2D eigenvalue weighted by Gasteiger charge is 2.05. The number of hydrogen-bond acceptors (Lipinski definition) is 2. The summed E-state index contributed by atoms with van der Waals surface area (Å²) in [5.74, 6) is 0. The molecule has 0 aliphatic rings. The average molecular weight is 179 g/mol. The Kier molecular flexibility index (Phi) is 2.86. The number of anilines is 1. The number of hydrogen-bond donors (Lipinski definition) is 2. The highest BCUT2D eigenvalue weighted by Crippen LogP contribution is 2.03. The van der Waals surface area contributed by atoms with Crippen molar-refractivity contribution in [1.29, 1.82) is 0 Å². The Morgan fingerprint density at radius 2 is 1.69 bits per heavy atom. The Morgan fingerprint density at radius 1 is 1.08 bits per heavy atom. The topological polar surface area (TPSA) is 78.1 Å². The molecule has 1 aromatic rings. The van der Waals surface area contributed by atoms with E-state index < -0.39 is 12.1 Å². The van der Waals surface area contributed by atoms with Crippen molar-refractivity contribution in [2.24, 2.45) is 0 Å². The van der Waals surface area contributed by atoms with E-state index in [1.165, 1.54) is 0 Å². The summed E-state index contributed by atoms with van der Waals surface area (Å²) >= 11 is 0. The Morgan fingerprint density at radius 3 is 2.23 bits per heavy atom. The summed E-state index contributed by atoms with van der Waals surface area (Å²) in [6, 6.07) is 7.65. The van der Waals surface area contributed by atoms with Gasteiger partial charge >= 0.3 is 12.1 Å². The van der Waals surface area contributed by atoms with E-state index in [0.29, 0.717) is 5.69 Å². The van der Waals surface area contributed by atoms with E-state index in [2.05, 4.69) is 5.32 Å². The first-order chi connectivity index (χ1) is 6.18. The van der Waals surface area contributed by atoms with Crippen molar-refractivity contribution < 1.29 is 14.7 Å². The molecule has 0 bridgehead atoms. The van der Waals surface area contributed by atoms with E-state index in [1.54, 1.807) is 35.6 Å². The highest BCUT2D eigenvalue weighted by atomic mass is 16.4. The molecule has 0 atom stereocenters. The molecule has 0 spiro atoms. The van der Waals surface area contributed by atoms with Crippen LogP contribution in [0.25, 0.3) is 0 Å². The average Bonchev–Trinajstić information content (AvgIpc) is 2.04. The molecule has 0 aliphatic carbocycles. The molecule has 1 aromatic carbocycles. The number of imide groups is 1. The second-order valence-electron chi connectivity index (χ2n) is 2.23. The molecule has 13 heavy (non-hydrogen) atoms. The van der Waals surface area contributed by atoms with Crippen LogP contribution in [0.2, 0.25) is 0 Å². The minimum absolute atomic E-state index is 0.515. The third-order valence-electron chi connectivity index (χ3n) is 1.25. The summed E-state index contributed by atoms with van der Waals surface area (Å²) in [4.78, 5) is 20.7. The molecule has 0 unspecified atom stereocenters. The first kappa shape index (κ1) is 9.05. The first-order valence-corrected chi connectivity index (χ1v) is 3.52. The molecule has 0 aromatic heterocycles. The van der Waals surface area contributed by atoms with Crippen LogP contribution in [0.4, 0.5) is 15.3 Å². The minimum Gasteiger partial charge on any atom is -0.308 e. The molecule has 0 saturated heterocycles. The number of para-hydroxylation sites is 1. The fourth-order valence-corrected chi connectivity index (χ4v) is 0.777. The zero-order valence-corrected chi connectivity index (χ0v) is 6.61. The standard InChI is InChI=1S/C8H7N2O3/c11-7(10-8(12)13)9-6-4-2-1-3-5-6/h1-5H,(H2,9,10,11). The van der Waals surface area contributed by atoms with Gasteiger partial charge < -0.3 is 5.32 Å². The summed E-state index contributed by atoms with van der Waals surface area (Å²) in [6.45, 7) is 0. The first-order valence-electron chi connectivity index (χ1n) is 3.52. The predicted octanol–water partition coefficient (Wildman–Crippen LogP) is 1.36. The van der Waals surface area contributed by atoms with Gasteiger partial charge in [-0.25, -0.2) is 20.0 Å². The lowest BCUT2D eigenvalue weighted by atomic mass is 10.3. The number of amides is 3. The van der Waals surface area contributed by atoms with E-state index in [1.807, 2.05) is 0 Å². The van der Waals surface area contributed by atoms with Gasteiger partial charge in [0.25, 0.3) is 0 Å². The highest BCUT2D eigenvalue weighted by molar-refractivity contribution is 5.98. The lowest BCUT2D eigenvalue weighted by molar-refractivity contribution is 0.170. The number of urea groups is 1. The number of benzene rings is 1. The summed E-state index contributed by atoms with van der Waals surface area (Å²) in [7, 11) is 0. The molecule has 0 saturated carbocycles. The van der Waals surface area contributed by atoms with Crippen LogP contribution in [-0.4, -0.2) is 12.1 Å². The molecule has 1 rings (SSSR count). The largest absolute Gasteiger partial charge is 0.458 e. The van der Waals surface area contributed by atoms with Crippen LogP contribution in [0, 0.1) is 0 Å². The van der Waals surface area contributed by atoms with Crippen LogP contribution < -0.4 is 10.6 Å². The molecular weight excluding hydrogens is 172 g/mol. The maximum atomic E-state index is 10.8. The molecule has 5 heteroatoms. The number of carbonyl (C=O) groups is 2. The van der Waals surface area contributed by atoms with Gasteiger partial charge in [0.05, 0.1) is 0 Å². The van der Waals surface area contributed by atoms with Crippen LogP contribution in [0.5, 0.6) is 0 Å². The van der Waals surface area contributed by atoms with Crippen molar-refractivity contribution in [2.75, 3.05) is 5.32 Å². The van der Waals surface area contributed by atoms with Gasteiger partial charge in [-0.05, 0) is 12.1 Å². The zero-order valence-electron chi connectivity index (χ0n) is 6.61. The molecular formula is C8H7N2O3. The summed E-state index contributed by atoms with van der Waals surface area (Å²) in [6.07, 6.45) is -1.63. The number of rotatable bonds is 1. The second-order valence-corrected chi connectivity index (χ2v) is 2.23. The fraction of sp³-hybridized carbons (Fsp3) is 0. The van der Waals surface area contributed by atoms with Crippen LogP contribution in [0.1, 0.15) is 0 Å². The van der Waals surface area contributed by atoms with Crippen molar-refractivity contribution in [2.45, 2.75) is 0 Å². The lowest BCUT2D eigenvalue weighted by Crippen LogP contribution is -2.32. The quantitative estimate of drug-likeness (QED) is 0.682. The smallest absolute Gasteiger partial charge is 0.308 e. The Bertz CT molecular complexity index is 310. The maximum Gasteiger partial charge on any atom is 0.458 e. The van der Waals surface area contributed by atoms with Gasteiger partial charge in [-0.1, -0.05) is 18.2 Å². The van der Waals surface area contributed by atoms with Crippen molar-refractivity contribution in [3.8, 4) is 0 Å². The van der Waals surface area contributed by atoms with Gasteiger partial charge in [-0.2, -0.15) is 0 Å². The summed E-state index contributed by atoms with van der Waals surface area (Å²) in [5, 5.41) is 13.8. The zero-order chi connectivity index (χ0) is 9.68. The summed E-state index contributed by atoms with van der Waals surface area (Å²) in [5.41, 5.74) is 0.515. The van der Waals surface area contributed by atoms with Gasteiger partial charge in [0.2, 0.25) is 0 Å². The van der Waals surface area contributed by atoms with Crippen molar-refractivity contribution in [1.82, 2.24) is 5.32 Å². The molecule has 1 radical (unpaired) electrons. The molecule has 0 fully saturated rings. The second kappa shape index (κ2) is 4.10. The molecule has 2 N–H and O–H groups in total. The van der Waals surface area contributed by atoms with E-state index in [0.717, 1.165) is 0 Å². The Balaban J connectivity index is 2.50. The third kappa shape index (κ3) is 3.24. The van der Waals surface area contributed by atoms with Crippen LogP contribution in [0.15, 0.2) is 30.3 Å². The Hall–Kier alpha value is -2.04. The SMILES string of the molecule is [O]C(=O)NC(=O)Nc1ccccc1.